The number of nitriles is 1. The second-order valence-corrected chi connectivity index (χ2v) is 4.83. The average molecular weight is 322 g/mol. The van der Waals surface area contributed by atoms with Crippen LogP contribution in [0.25, 0.3) is 11.6 Å². The van der Waals surface area contributed by atoms with Gasteiger partial charge < -0.3 is 9.47 Å². The molecule has 0 bridgehead atoms. The predicted molar refractivity (Wildman–Crippen MR) is 91.1 cm³/mol. The van der Waals surface area contributed by atoms with Crippen LogP contribution in [-0.2, 0) is 9.53 Å². The third kappa shape index (κ3) is 4.43. The number of nitrogens with zero attached hydrogens (tertiary/aromatic N) is 2. The van der Waals surface area contributed by atoms with Crippen LogP contribution < -0.4 is 4.74 Å². The van der Waals surface area contributed by atoms with Crippen molar-refractivity contribution in [3.63, 3.8) is 0 Å². The van der Waals surface area contributed by atoms with Crippen LogP contribution >= 0.6 is 0 Å². The lowest BCUT2D eigenvalue weighted by Crippen LogP contribution is -2.08. The summed E-state index contributed by atoms with van der Waals surface area (Å²) < 4.78 is 10.5. The molecule has 0 radical (unpaired) electrons. The molecule has 0 N–H and O–H groups in total. The van der Waals surface area contributed by atoms with Crippen molar-refractivity contribution in [1.29, 1.82) is 5.26 Å². The normalized spacial score (nSPS) is 10.8. The van der Waals surface area contributed by atoms with Crippen LogP contribution in [0.5, 0.6) is 5.75 Å². The van der Waals surface area contributed by atoms with Crippen LogP contribution in [0.1, 0.15) is 30.7 Å². The molecular weight excluding hydrogens is 304 g/mol. The topological polar surface area (TPSA) is 72.2 Å². The Bertz CT molecular complexity index is 774. The molecule has 0 atom stereocenters. The lowest BCUT2D eigenvalue weighted by atomic mass is 10.1. The summed E-state index contributed by atoms with van der Waals surface area (Å²) >= 11 is 0. The highest BCUT2D eigenvalue weighted by molar-refractivity contribution is 6.21. The second kappa shape index (κ2) is 8.49. The second-order valence-electron chi connectivity index (χ2n) is 4.83. The standard InChI is InChI=1S/C19H18N2O3/c1-3-23-16-8-9-18(21-13-16)17(19(22)24-4-2)11-14-6-5-7-15(10-14)12-20/h5-11,13H,3-4H2,1-2H3. The molecule has 5 nitrogen and oxygen atoms in total. The van der Waals surface area contributed by atoms with Crippen molar-refractivity contribution >= 4 is 17.6 Å². The highest BCUT2D eigenvalue weighted by Gasteiger charge is 2.15. The van der Waals surface area contributed by atoms with Crippen LogP contribution in [0, 0.1) is 11.3 Å². The van der Waals surface area contributed by atoms with Crippen LogP contribution in [0.4, 0.5) is 0 Å². The van der Waals surface area contributed by atoms with E-state index in [1.54, 1.807) is 49.5 Å². The number of pyridine rings is 1. The van der Waals surface area contributed by atoms with E-state index in [1.807, 2.05) is 13.0 Å². The summed E-state index contributed by atoms with van der Waals surface area (Å²) in [5.41, 5.74) is 2.06. The van der Waals surface area contributed by atoms with Gasteiger partial charge in [-0.05, 0) is 49.8 Å². The molecule has 0 fully saturated rings. The Morgan fingerprint density at radius 2 is 2.08 bits per heavy atom. The highest BCUT2D eigenvalue weighted by Crippen LogP contribution is 2.21. The summed E-state index contributed by atoms with van der Waals surface area (Å²) in [5, 5.41) is 9.00. The van der Waals surface area contributed by atoms with E-state index < -0.39 is 5.97 Å². The van der Waals surface area contributed by atoms with Gasteiger partial charge in [0, 0.05) is 0 Å². The van der Waals surface area contributed by atoms with Crippen molar-refractivity contribution < 1.29 is 14.3 Å². The predicted octanol–water partition coefficient (Wildman–Crippen LogP) is 3.46. The molecule has 0 spiro atoms. The molecule has 0 saturated heterocycles. The third-order valence-electron chi connectivity index (χ3n) is 3.15. The number of ether oxygens (including phenoxy) is 2. The van der Waals surface area contributed by atoms with E-state index in [0.717, 1.165) is 5.56 Å². The van der Waals surface area contributed by atoms with Gasteiger partial charge in [-0.15, -0.1) is 0 Å². The Balaban J connectivity index is 2.42. The van der Waals surface area contributed by atoms with Gasteiger partial charge in [-0.25, -0.2) is 4.79 Å². The Morgan fingerprint density at radius 1 is 1.25 bits per heavy atom. The van der Waals surface area contributed by atoms with Gasteiger partial charge >= 0.3 is 5.97 Å². The zero-order valence-corrected chi connectivity index (χ0v) is 13.7. The van der Waals surface area contributed by atoms with Crippen molar-refractivity contribution in [3.05, 3.63) is 59.4 Å². The Morgan fingerprint density at radius 3 is 2.71 bits per heavy atom. The van der Waals surface area contributed by atoms with E-state index in [-0.39, 0.29) is 6.61 Å². The Kier molecular flexibility index (Phi) is 6.09. The first kappa shape index (κ1) is 17.2. The molecule has 2 rings (SSSR count). The molecule has 0 aliphatic rings. The van der Waals surface area contributed by atoms with E-state index >= 15 is 0 Å². The third-order valence-corrected chi connectivity index (χ3v) is 3.15. The molecule has 1 aromatic heterocycles. The highest BCUT2D eigenvalue weighted by atomic mass is 16.5. The van der Waals surface area contributed by atoms with Crippen molar-refractivity contribution in [2.45, 2.75) is 13.8 Å². The van der Waals surface area contributed by atoms with Gasteiger partial charge in [-0.2, -0.15) is 5.26 Å². The van der Waals surface area contributed by atoms with Gasteiger partial charge in [0.2, 0.25) is 0 Å². The molecule has 0 aliphatic heterocycles. The Hall–Kier alpha value is -3.13. The molecule has 0 amide bonds. The number of aromatic nitrogens is 1. The largest absolute Gasteiger partial charge is 0.492 e. The van der Waals surface area contributed by atoms with Gasteiger partial charge in [-0.3, -0.25) is 4.98 Å². The van der Waals surface area contributed by atoms with Crippen LogP contribution in [0.3, 0.4) is 0 Å². The fourth-order valence-corrected chi connectivity index (χ4v) is 2.10. The van der Waals surface area contributed by atoms with Crippen LogP contribution in [0.2, 0.25) is 0 Å². The number of rotatable bonds is 6. The first-order chi connectivity index (χ1) is 11.7. The molecule has 5 heteroatoms. The van der Waals surface area contributed by atoms with Crippen molar-refractivity contribution in [1.82, 2.24) is 4.98 Å². The van der Waals surface area contributed by atoms with Gasteiger partial charge in [0.1, 0.15) is 5.75 Å². The lowest BCUT2D eigenvalue weighted by molar-refractivity contribution is -0.136. The van der Waals surface area contributed by atoms with E-state index in [2.05, 4.69) is 11.1 Å². The van der Waals surface area contributed by atoms with E-state index in [4.69, 9.17) is 14.7 Å². The van der Waals surface area contributed by atoms with Crippen molar-refractivity contribution in [3.8, 4) is 11.8 Å². The zero-order chi connectivity index (χ0) is 17.4. The number of hydrogen-bond donors (Lipinski definition) is 0. The summed E-state index contributed by atoms with van der Waals surface area (Å²) in [5.74, 6) is 0.174. The molecule has 2 aromatic rings. The maximum atomic E-state index is 12.3. The molecule has 0 unspecified atom stereocenters. The van der Waals surface area contributed by atoms with Crippen LogP contribution in [-0.4, -0.2) is 24.2 Å². The SMILES string of the molecule is CCOC(=O)C(=Cc1cccc(C#N)c1)c1ccc(OCC)cn1. The summed E-state index contributed by atoms with van der Waals surface area (Å²) in [7, 11) is 0. The molecule has 0 aliphatic carbocycles. The van der Waals surface area contributed by atoms with Gasteiger partial charge in [0.25, 0.3) is 0 Å². The monoisotopic (exact) mass is 322 g/mol. The smallest absolute Gasteiger partial charge is 0.340 e. The minimum absolute atomic E-state index is 0.269. The van der Waals surface area contributed by atoms with Gasteiger partial charge in [0.15, 0.2) is 0 Å². The fourth-order valence-electron chi connectivity index (χ4n) is 2.10. The zero-order valence-electron chi connectivity index (χ0n) is 13.7. The maximum absolute atomic E-state index is 12.3. The number of carbonyl (C=O) groups is 1. The number of esters is 1. The van der Waals surface area contributed by atoms with Gasteiger partial charge in [0.05, 0.1) is 42.3 Å². The first-order valence-electron chi connectivity index (χ1n) is 7.66. The molecule has 1 aromatic carbocycles. The molecule has 24 heavy (non-hydrogen) atoms. The van der Waals surface area contributed by atoms with Crippen LogP contribution in [0.15, 0.2) is 42.6 Å². The minimum atomic E-state index is -0.462. The maximum Gasteiger partial charge on any atom is 0.340 e. The van der Waals surface area contributed by atoms with Crippen molar-refractivity contribution in [2.75, 3.05) is 13.2 Å². The summed E-state index contributed by atoms with van der Waals surface area (Å²) in [4.78, 5) is 16.6. The lowest BCUT2D eigenvalue weighted by Gasteiger charge is -2.08. The van der Waals surface area contributed by atoms with Gasteiger partial charge in [-0.1, -0.05) is 12.1 Å². The summed E-state index contributed by atoms with van der Waals surface area (Å²) in [6, 6.07) is 12.5. The van der Waals surface area contributed by atoms with E-state index in [1.165, 1.54) is 0 Å². The number of benzene rings is 1. The van der Waals surface area contributed by atoms with E-state index in [0.29, 0.717) is 29.2 Å². The summed E-state index contributed by atoms with van der Waals surface area (Å²) in [6.45, 7) is 4.45. The molecule has 1 heterocycles. The molecule has 0 saturated carbocycles. The Labute approximate surface area is 141 Å². The van der Waals surface area contributed by atoms with Crippen molar-refractivity contribution in [2.24, 2.45) is 0 Å². The minimum Gasteiger partial charge on any atom is -0.492 e. The summed E-state index contributed by atoms with van der Waals surface area (Å²) in [6.07, 6.45) is 3.24. The fraction of sp³-hybridized carbons (Fsp3) is 0.211. The number of carbonyl (C=O) groups excluding carboxylic acids is 1. The average Bonchev–Trinajstić information content (AvgIpc) is 2.61. The quantitative estimate of drug-likeness (QED) is 0.601. The number of hydrogen-bond acceptors (Lipinski definition) is 5. The molecule has 122 valence electrons. The van der Waals surface area contributed by atoms with E-state index in [9.17, 15) is 4.79 Å². The first-order valence-corrected chi connectivity index (χ1v) is 7.66. The molecular formula is C19H18N2O3.